The Morgan fingerprint density at radius 2 is 1.92 bits per heavy atom. The lowest BCUT2D eigenvalue weighted by Gasteiger charge is -2.35. The van der Waals surface area contributed by atoms with Gasteiger partial charge in [0.25, 0.3) is 0 Å². The molecule has 0 aliphatic rings. The van der Waals surface area contributed by atoms with E-state index in [1.807, 2.05) is 0 Å². The zero-order chi connectivity index (χ0) is 9.94. The molecule has 0 fully saturated rings. The first-order valence-corrected chi connectivity index (χ1v) is 3.78. The molecule has 1 amide bonds. The van der Waals surface area contributed by atoms with Crippen LogP contribution in [-0.4, -0.2) is 34.0 Å². The largest absolute Gasteiger partial charge is 0.465 e. The van der Waals surface area contributed by atoms with Crippen LogP contribution in [0.15, 0.2) is 0 Å². The maximum atomic E-state index is 10.7. The van der Waals surface area contributed by atoms with Gasteiger partial charge in [0, 0.05) is 5.54 Å². The Morgan fingerprint density at radius 1 is 1.50 bits per heavy atom. The summed E-state index contributed by atoms with van der Waals surface area (Å²) >= 11 is 0. The summed E-state index contributed by atoms with van der Waals surface area (Å²) in [7, 11) is 0. The maximum Gasteiger partial charge on any atom is 0.408 e. The number of carbonyl (C=O) groups is 2. The van der Waals surface area contributed by atoms with Gasteiger partial charge < -0.3 is 9.90 Å². The Morgan fingerprint density at radius 3 is 2.00 bits per heavy atom. The number of carbonyl (C=O) groups excluding carboxylic acids is 1. The number of hydrogen-bond donors (Lipinski definition) is 1. The monoisotopic (exact) mass is 173 g/mol. The van der Waals surface area contributed by atoms with Gasteiger partial charge in [-0.1, -0.05) is 0 Å². The zero-order valence-corrected chi connectivity index (χ0v) is 7.87. The molecule has 4 heteroatoms. The van der Waals surface area contributed by atoms with Crippen LogP contribution in [0.1, 0.15) is 27.7 Å². The summed E-state index contributed by atoms with van der Waals surface area (Å²) in [6.45, 7) is 6.82. The van der Waals surface area contributed by atoms with E-state index in [-0.39, 0.29) is 0 Å². The molecule has 0 aromatic heterocycles. The molecule has 1 atom stereocenters. The molecule has 0 bridgehead atoms. The first kappa shape index (κ1) is 10.9. The summed E-state index contributed by atoms with van der Waals surface area (Å²) in [6.07, 6.45) is -0.443. The van der Waals surface area contributed by atoms with Gasteiger partial charge >= 0.3 is 6.09 Å². The Balaban J connectivity index is 4.67. The molecule has 0 radical (unpaired) electrons. The molecule has 0 aromatic rings. The van der Waals surface area contributed by atoms with Crippen LogP contribution in [0.4, 0.5) is 4.79 Å². The molecule has 12 heavy (non-hydrogen) atoms. The minimum atomic E-state index is -1.07. The third kappa shape index (κ3) is 2.53. The maximum absolute atomic E-state index is 10.7. The predicted molar refractivity (Wildman–Crippen MR) is 45.1 cm³/mol. The van der Waals surface area contributed by atoms with Crippen molar-refractivity contribution in [1.82, 2.24) is 4.90 Å². The molecule has 0 saturated carbocycles. The fourth-order valence-corrected chi connectivity index (χ4v) is 1.13. The minimum absolute atomic E-state index is 0.536. The molecule has 0 aromatic carbocycles. The van der Waals surface area contributed by atoms with E-state index in [2.05, 4.69) is 0 Å². The molecule has 0 rings (SSSR count). The van der Waals surface area contributed by atoms with Gasteiger partial charge in [0.2, 0.25) is 0 Å². The van der Waals surface area contributed by atoms with Crippen LogP contribution in [0.25, 0.3) is 0 Å². The highest BCUT2D eigenvalue weighted by Gasteiger charge is 2.30. The van der Waals surface area contributed by atoms with Crippen molar-refractivity contribution in [3.05, 3.63) is 0 Å². The van der Waals surface area contributed by atoms with E-state index in [0.717, 1.165) is 4.90 Å². The van der Waals surface area contributed by atoms with Crippen molar-refractivity contribution in [3.8, 4) is 0 Å². The average Bonchev–Trinajstić information content (AvgIpc) is 1.83. The van der Waals surface area contributed by atoms with Gasteiger partial charge in [0.1, 0.15) is 6.29 Å². The number of nitrogens with zero attached hydrogens (tertiary/aromatic N) is 1. The van der Waals surface area contributed by atoms with Crippen molar-refractivity contribution in [1.29, 1.82) is 0 Å². The molecule has 0 spiro atoms. The number of aldehydes is 1. The highest BCUT2D eigenvalue weighted by Crippen LogP contribution is 2.15. The van der Waals surface area contributed by atoms with E-state index >= 15 is 0 Å². The van der Waals surface area contributed by atoms with Crippen molar-refractivity contribution >= 4 is 12.4 Å². The van der Waals surface area contributed by atoms with Gasteiger partial charge in [0.15, 0.2) is 0 Å². The summed E-state index contributed by atoms with van der Waals surface area (Å²) < 4.78 is 0. The molecule has 70 valence electrons. The van der Waals surface area contributed by atoms with E-state index < -0.39 is 17.7 Å². The molecule has 0 heterocycles. The molecular weight excluding hydrogens is 158 g/mol. The third-order valence-electron chi connectivity index (χ3n) is 1.53. The van der Waals surface area contributed by atoms with Crippen molar-refractivity contribution in [3.63, 3.8) is 0 Å². The van der Waals surface area contributed by atoms with E-state index in [9.17, 15) is 9.59 Å². The lowest BCUT2D eigenvalue weighted by molar-refractivity contribution is -0.112. The molecule has 1 N–H and O–H groups in total. The predicted octanol–water partition coefficient (Wildman–Crippen LogP) is 1.35. The normalized spacial score (nSPS) is 13.7. The second-order valence-corrected chi connectivity index (χ2v) is 3.70. The number of hydrogen-bond acceptors (Lipinski definition) is 2. The minimum Gasteiger partial charge on any atom is -0.465 e. The zero-order valence-electron chi connectivity index (χ0n) is 7.87. The molecule has 0 aliphatic carbocycles. The molecule has 4 nitrogen and oxygen atoms in total. The standard InChI is InChI=1S/C8H15NO3/c1-6(5-10)9(7(11)12)8(2,3)4/h5-6H,1-4H3,(H,11,12). The van der Waals surface area contributed by atoms with E-state index in [1.165, 1.54) is 0 Å². The average molecular weight is 173 g/mol. The summed E-state index contributed by atoms with van der Waals surface area (Å²) in [5.41, 5.74) is -0.536. The van der Waals surface area contributed by atoms with Crippen molar-refractivity contribution in [2.75, 3.05) is 0 Å². The smallest absolute Gasteiger partial charge is 0.408 e. The van der Waals surface area contributed by atoms with E-state index in [0.29, 0.717) is 6.29 Å². The second-order valence-electron chi connectivity index (χ2n) is 3.70. The SMILES string of the molecule is CC(C=O)N(C(=O)O)C(C)(C)C. The van der Waals surface area contributed by atoms with Gasteiger partial charge in [-0.15, -0.1) is 0 Å². The quantitative estimate of drug-likeness (QED) is 0.641. The Hall–Kier alpha value is -1.06. The van der Waals surface area contributed by atoms with Gasteiger partial charge in [-0.25, -0.2) is 4.79 Å². The van der Waals surface area contributed by atoms with E-state index in [4.69, 9.17) is 5.11 Å². The Labute approximate surface area is 72.2 Å². The van der Waals surface area contributed by atoms with Crippen LogP contribution in [-0.2, 0) is 4.79 Å². The Bertz CT molecular complexity index is 183. The fraction of sp³-hybridized carbons (Fsp3) is 0.750. The first-order chi connectivity index (χ1) is 5.30. The highest BCUT2D eigenvalue weighted by atomic mass is 16.4. The van der Waals surface area contributed by atoms with Crippen LogP contribution in [0.3, 0.4) is 0 Å². The van der Waals surface area contributed by atoms with Gasteiger partial charge in [0.05, 0.1) is 6.04 Å². The van der Waals surface area contributed by atoms with Crippen LogP contribution in [0.5, 0.6) is 0 Å². The molecule has 1 unspecified atom stereocenters. The van der Waals surface area contributed by atoms with Crippen LogP contribution in [0, 0.1) is 0 Å². The lowest BCUT2D eigenvalue weighted by atomic mass is 10.0. The molecule has 0 aliphatic heterocycles. The Kier molecular flexibility index (Phi) is 3.24. The summed E-state index contributed by atoms with van der Waals surface area (Å²) in [5.74, 6) is 0. The topological polar surface area (TPSA) is 57.6 Å². The summed E-state index contributed by atoms with van der Waals surface area (Å²) in [5, 5.41) is 8.78. The number of carboxylic acid groups (broad SMARTS) is 1. The highest BCUT2D eigenvalue weighted by molar-refractivity contribution is 5.72. The molecule has 0 saturated heterocycles. The van der Waals surface area contributed by atoms with Crippen LogP contribution in [0.2, 0.25) is 0 Å². The first-order valence-electron chi connectivity index (χ1n) is 3.78. The van der Waals surface area contributed by atoms with Crippen molar-refractivity contribution in [2.45, 2.75) is 39.3 Å². The van der Waals surface area contributed by atoms with Crippen molar-refractivity contribution in [2.24, 2.45) is 0 Å². The fourth-order valence-electron chi connectivity index (χ4n) is 1.13. The van der Waals surface area contributed by atoms with Crippen LogP contribution < -0.4 is 0 Å². The molecular formula is C8H15NO3. The number of rotatable bonds is 2. The van der Waals surface area contributed by atoms with Gasteiger partial charge in [-0.05, 0) is 27.7 Å². The van der Waals surface area contributed by atoms with Gasteiger partial charge in [-0.2, -0.15) is 0 Å². The van der Waals surface area contributed by atoms with E-state index in [1.54, 1.807) is 27.7 Å². The van der Waals surface area contributed by atoms with Gasteiger partial charge in [-0.3, -0.25) is 4.90 Å². The second kappa shape index (κ2) is 3.56. The third-order valence-corrected chi connectivity index (χ3v) is 1.53. The lowest BCUT2D eigenvalue weighted by Crippen LogP contribution is -2.50. The van der Waals surface area contributed by atoms with Crippen molar-refractivity contribution < 1.29 is 14.7 Å². The number of amides is 1. The van der Waals surface area contributed by atoms with Crippen LogP contribution >= 0.6 is 0 Å². The summed E-state index contributed by atoms with van der Waals surface area (Å²) in [6, 6.07) is -0.595. The summed E-state index contributed by atoms with van der Waals surface area (Å²) in [4.78, 5) is 22.2.